The number of nitrogens with zero attached hydrogens (tertiary/aromatic N) is 1. The Kier molecular flexibility index (Phi) is 3.50. The molecule has 1 nitrogen and oxygen atoms in total. The minimum absolute atomic E-state index is 1.10. The van der Waals surface area contributed by atoms with E-state index in [9.17, 15) is 0 Å². The van der Waals surface area contributed by atoms with Gasteiger partial charge >= 0.3 is 0 Å². The van der Waals surface area contributed by atoms with Gasteiger partial charge in [-0.1, -0.05) is 27.6 Å². The fourth-order valence-electron chi connectivity index (χ4n) is 2.43. The third kappa shape index (κ3) is 2.38. The van der Waals surface area contributed by atoms with E-state index in [1.807, 2.05) is 0 Å². The predicted molar refractivity (Wildman–Crippen MR) is 73.6 cm³/mol. The highest BCUT2D eigenvalue weighted by molar-refractivity contribution is 9.10. The van der Waals surface area contributed by atoms with E-state index in [4.69, 9.17) is 0 Å². The molecule has 0 aromatic heterocycles. The van der Waals surface area contributed by atoms with E-state index in [1.165, 1.54) is 34.1 Å². The van der Waals surface area contributed by atoms with Crippen LogP contribution in [-0.2, 0) is 0 Å². The second-order valence-electron chi connectivity index (χ2n) is 4.71. The molecule has 2 heteroatoms. The van der Waals surface area contributed by atoms with Crippen molar-refractivity contribution in [2.75, 3.05) is 20.1 Å². The highest BCUT2D eigenvalue weighted by Gasteiger charge is 2.15. The molecule has 2 rings (SSSR count). The molecule has 1 aromatic rings. The van der Waals surface area contributed by atoms with E-state index in [-0.39, 0.29) is 0 Å². The average molecular weight is 280 g/mol. The average Bonchev–Trinajstić information content (AvgIpc) is 2.19. The van der Waals surface area contributed by atoms with Crippen molar-refractivity contribution in [2.24, 2.45) is 0 Å². The lowest BCUT2D eigenvalue weighted by atomic mass is 9.92. The van der Waals surface area contributed by atoms with Gasteiger partial charge in [-0.2, -0.15) is 0 Å². The Morgan fingerprint density at radius 3 is 2.62 bits per heavy atom. The monoisotopic (exact) mass is 279 g/mol. The smallest absolute Gasteiger partial charge is 0.0193 e. The Hall–Kier alpha value is -0.600. The molecule has 0 N–H and O–H groups in total. The van der Waals surface area contributed by atoms with Gasteiger partial charge in [-0.15, -0.1) is 0 Å². The summed E-state index contributed by atoms with van der Waals surface area (Å²) in [5.74, 6) is 0. The van der Waals surface area contributed by atoms with Crippen molar-refractivity contribution in [3.8, 4) is 0 Å². The number of likely N-dealkylation sites (N-methyl/N-ethyl adjacent to an activating group) is 1. The first-order valence-corrected chi connectivity index (χ1v) is 6.51. The molecule has 1 aromatic carbocycles. The number of rotatable bonds is 1. The maximum absolute atomic E-state index is 3.52. The van der Waals surface area contributed by atoms with Crippen LogP contribution in [0, 0.1) is 6.92 Å². The molecule has 0 aliphatic carbocycles. The molecule has 1 aliphatic heterocycles. The van der Waals surface area contributed by atoms with E-state index < -0.39 is 0 Å². The lowest BCUT2D eigenvalue weighted by Gasteiger charge is -2.27. The summed E-state index contributed by atoms with van der Waals surface area (Å²) in [7, 11) is 2.19. The van der Waals surface area contributed by atoms with E-state index in [0.717, 1.165) is 6.54 Å². The molecule has 16 heavy (non-hydrogen) atoms. The maximum atomic E-state index is 3.52. The quantitative estimate of drug-likeness (QED) is 0.755. The molecule has 0 saturated carbocycles. The SMILES string of the molecule is CC1=C(c2ccc(Br)cc2C)CCN(C)C1. The molecule has 1 heterocycles. The van der Waals surface area contributed by atoms with E-state index in [1.54, 1.807) is 5.57 Å². The van der Waals surface area contributed by atoms with Crippen LogP contribution in [0.3, 0.4) is 0 Å². The molecule has 0 fully saturated rings. The molecule has 0 unspecified atom stereocenters. The van der Waals surface area contributed by atoms with Crippen molar-refractivity contribution in [3.63, 3.8) is 0 Å². The second-order valence-corrected chi connectivity index (χ2v) is 5.62. The van der Waals surface area contributed by atoms with Gasteiger partial charge in [0.1, 0.15) is 0 Å². The standard InChI is InChI=1S/C14H18BrN/c1-10-8-12(15)4-5-13(10)14-6-7-16(3)9-11(14)2/h4-5,8H,6-7,9H2,1-3H3. The van der Waals surface area contributed by atoms with Crippen molar-refractivity contribution < 1.29 is 0 Å². The van der Waals surface area contributed by atoms with Crippen LogP contribution in [0.5, 0.6) is 0 Å². The van der Waals surface area contributed by atoms with Gasteiger partial charge in [0.05, 0.1) is 0 Å². The number of hydrogen-bond acceptors (Lipinski definition) is 1. The number of hydrogen-bond donors (Lipinski definition) is 0. The summed E-state index contributed by atoms with van der Waals surface area (Å²) in [6.07, 6.45) is 1.17. The fourth-order valence-corrected chi connectivity index (χ4v) is 2.90. The van der Waals surface area contributed by atoms with Gasteiger partial charge in [0.2, 0.25) is 0 Å². The summed E-state index contributed by atoms with van der Waals surface area (Å²) in [6.45, 7) is 6.72. The Bertz CT molecular complexity index is 434. The molecular weight excluding hydrogens is 262 g/mol. The first-order chi connectivity index (χ1) is 7.58. The van der Waals surface area contributed by atoms with E-state index in [2.05, 4.69) is 59.9 Å². The largest absolute Gasteiger partial charge is 0.302 e. The third-order valence-corrected chi connectivity index (χ3v) is 3.77. The zero-order chi connectivity index (χ0) is 11.7. The van der Waals surface area contributed by atoms with E-state index >= 15 is 0 Å². The van der Waals surface area contributed by atoms with Crippen molar-refractivity contribution in [2.45, 2.75) is 20.3 Å². The number of benzene rings is 1. The van der Waals surface area contributed by atoms with Crippen LogP contribution in [0.2, 0.25) is 0 Å². The van der Waals surface area contributed by atoms with Gasteiger partial charge in [-0.25, -0.2) is 0 Å². The van der Waals surface area contributed by atoms with E-state index in [0.29, 0.717) is 0 Å². The Morgan fingerprint density at radius 2 is 2.00 bits per heavy atom. The second kappa shape index (κ2) is 4.72. The summed E-state index contributed by atoms with van der Waals surface area (Å²) in [5.41, 5.74) is 5.85. The Balaban J connectivity index is 2.40. The minimum atomic E-state index is 1.10. The highest BCUT2D eigenvalue weighted by atomic mass is 79.9. The normalized spacial score (nSPS) is 18.0. The Labute approximate surface area is 106 Å². The zero-order valence-corrected chi connectivity index (χ0v) is 11.8. The van der Waals surface area contributed by atoms with Gasteiger partial charge in [-0.3, -0.25) is 0 Å². The van der Waals surface area contributed by atoms with Crippen LogP contribution in [0.25, 0.3) is 5.57 Å². The molecule has 0 amide bonds. The third-order valence-electron chi connectivity index (χ3n) is 3.28. The topological polar surface area (TPSA) is 3.24 Å². The highest BCUT2D eigenvalue weighted by Crippen LogP contribution is 2.30. The van der Waals surface area contributed by atoms with Crippen LogP contribution in [0.1, 0.15) is 24.5 Å². The van der Waals surface area contributed by atoms with Crippen LogP contribution in [-0.4, -0.2) is 25.0 Å². The molecule has 1 aliphatic rings. The maximum Gasteiger partial charge on any atom is 0.0193 e. The van der Waals surface area contributed by atoms with Crippen molar-refractivity contribution >= 4 is 21.5 Å². The summed E-state index contributed by atoms with van der Waals surface area (Å²) in [4.78, 5) is 2.38. The summed E-state index contributed by atoms with van der Waals surface area (Å²) in [6, 6.07) is 6.58. The number of halogens is 1. The summed E-state index contributed by atoms with van der Waals surface area (Å²) < 4.78 is 1.17. The molecule has 0 bridgehead atoms. The van der Waals surface area contributed by atoms with Gasteiger partial charge in [-0.05, 0) is 56.1 Å². The van der Waals surface area contributed by atoms with Crippen LogP contribution in [0.15, 0.2) is 28.2 Å². The predicted octanol–water partition coefficient (Wildman–Crippen LogP) is 3.87. The summed E-state index contributed by atoms with van der Waals surface area (Å²) in [5, 5.41) is 0. The molecule has 0 atom stereocenters. The lowest BCUT2D eigenvalue weighted by Crippen LogP contribution is -2.26. The van der Waals surface area contributed by atoms with Crippen LogP contribution >= 0.6 is 15.9 Å². The lowest BCUT2D eigenvalue weighted by molar-refractivity contribution is 0.359. The molecule has 0 radical (unpaired) electrons. The Morgan fingerprint density at radius 1 is 1.25 bits per heavy atom. The molecular formula is C14H18BrN. The van der Waals surface area contributed by atoms with Gasteiger partial charge in [0.15, 0.2) is 0 Å². The van der Waals surface area contributed by atoms with Gasteiger partial charge in [0, 0.05) is 17.6 Å². The van der Waals surface area contributed by atoms with Crippen LogP contribution in [0.4, 0.5) is 0 Å². The van der Waals surface area contributed by atoms with Crippen molar-refractivity contribution in [1.82, 2.24) is 4.90 Å². The van der Waals surface area contributed by atoms with Gasteiger partial charge in [0.25, 0.3) is 0 Å². The van der Waals surface area contributed by atoms with Crippen molar-refractivity contribution in [3.05, 3.63) is 39.4 Å². The van der Waals surface area contributed by atoms with Gasteiger partial charge < -0.3 is 4.90 Å². The molecule has 0 saturated heterocycles. The minimum Gasteiger partial charge on any atom is -0.302 e. The molecule has 0 spiro atoms. The fraction of sp³-hybridized carbons (Fsp3) is 0.429. The first kappa shape index (κ1) is 11.9. The van der Waals surface area contributed by atoms with Crippen molar-refractivity contribution in [1.29, 1.82) is 0 Å². The first-order valence-electron chi connectivity index (χ1n) is 5.71. The molecule has 86 valence electrons. The zero-order valence-electron chi connectivity index (χ0n) is 10.2. The number of aryl methyl sites for hydroxylation is 1. The summed E-state index contributed by atoms with van der Waals surface area (Å²) >= 11 is 3.52. The van der Waals surface area contributed by atoms with Crippen LogP contribution < -0.4 is 0 Å².